The Balaban J connectivity index is 2.16. The van der Waals surface area contributed by atoms with Crippen molar-refractivity contribution in [3.63, 3.8) is 0 Å². The maximum Gasteiger partial charge on any atom is 0.471 e. The van der Waals surface area contributed by atoms with Crippen LogP contribution in [0.1, 0.15) is 5.82 Å². The number of nitrogens with zero attached hydrogens (tertiary/aromatic N) is 4. The fourth-order valence-corrected chi connectivity index (χ4v) is 1.77. The Morgan fingerprint density at radius 3 is 2.80 bits per heavy atom. The van der Waals surface area contributed by atoms with Crippen LogP contribution in [-0.2, 0) is 11.3 Å². The van der Waals surface area contributed by atoms with Gasteiger partial charge in [-0.3, -0.25) is 4.79 Å². The van der Waals surface area contributed by atoms with Gasteiger partial charge in [-0.2, -0.15) is 17.9 Å². The van der Waals surface area contributed by atoms with Crippen LogP contribution in [0.2, 0.25) is 0 Å². The molecule has 6 nitrogen and oxygen atoms in total. The average molecular weight is 350 g/mol. The van der Waals surface area contributed by atoms with Gasteiger partial charge in [0, 0.05) is 4.47 Å². The van der Waals surface area contributed by atoms with Crippen molar-refractivity contribution in [2.45, 2.75) is 12.7 Å². The van der Waals surface area contributed by atoms with Gasteiger partial charge in [-0.25, -0.2) is 0 Å². The van der Waals surface area contributed by atoms with E-state index in [0.717, 1.165) is 4.47 Å². The second-order valence-corrected chi connectivity index (χ2v) is 4.58. The number of tetrazole rings is 1. The lowest BCUT2D eigenvalue weighted by atomic mass is 10.3. The number of amides is 1. The first-order valence-electron chi connectivity index (χ1n) is 5.26. The summed E-state index contributed by atoms with van der Waals surface area (Å²) >= 11 is 3.26. The van der Waals surface area contributed by atoms with Crippen molar-refractivity contribution >= 4 is 21.8 Å². The lowest BCUT2D eigenvalue weighted by Gasteiger charge is -2.08. The third-order valence-electron chi connectivity index (χ3n) is 2.25. The molecule has 10 heteroatoms. The van der Waals surface area contributed by atoms with Gasteiger partial charge < -0.3 is 5.32 Å². The van der Waals surface area contributed by atoms with Crippen molar-refractivity contribution < 1.29 is 18.0 Å². The summed E-state index contributed by atoms with van der Waals surface area (Å²) in [4.78, 5) is 10.7. The molecule has 1 heterocycles. The number of alkyl halides is 3. The van der Waals surface area contributed by atoms with E-state index in [1.807, 2.05) is 0 Å². The van der Waals surface area contributed by atoms with E-state index >= 15 is 0 Å². The summed E-state index contributed by atoms with van der Waals surface area (Å²) in [5, 5.41) is 12.3. The lowest BCUT2D eigenvalue weighted by Crippen LogP contribution is -2.36. The first kappa shape index (κ1) is 14.4. The van der Waals surface area contributed by atoms with Gasteiger partial charge in [0.1, 0.15) is 0 Å². The minimum Gasteiger partial charge on any atom is -0.341 e. The summed E-state index contributed by atoms with van der Waals surface area (Å²) in [6.45, 7) is -0.433. The summed E-state index contributed by atoms with van der Waals surface area (Å²) in [5.41, 5.74) is 0.556. The van der Waals surface area contributed by atoms with E-state index in [2.05, 4.69) is 31.5 Å². The molecule has 2 rings (SSSR count). The van der Waals surface area contributed by atoms with Crippen LogP contribution < -0.4 is 5.32 Å². The van der Waals surface area contributed by atoms with Gasteiger partial charge >= 0.3 is 12.1 Å². The van der Waals surface area contributed by atoms with E-state index in [4.69, 9.17) is 0 Å². The second-order valence-electron chi connectivity index (χ2n) is 3.67. The van der Waals surface area contributed by atoms with E-state index in [-0.39, 0.29) is 5.82 Å². The Morgan fingerprint density at radius 1 is 1.40 bits per heavy atom. The van der Waals surface area contributed by atoms with Crippen molar-refractivity contribution in [2.24, 2.45) is 0 Å². The highest BCUT2D eigenvalue weighted by Crippen LogP contribution is 2.16. The van der Waals surface area contributed by atoms with Crippen LogP contribution in [0.4, 0.5) is 13.2 Å². The average Bonchev–Trinajstić information content (AvgIpc) is 2.83. The van der Waals surface area contributed by atoms with Crippen molar-refractivity contribution in [1.82, 2.24) is 25.5 Å². The van der Waals surface area contributed by atoms with Gasteiger partial charge in [-0.15, -0.1) is 5.10 Å². The molecule has 0 atom stereocenters. The molecule has 0 unspecified atom stereocenters. The number of halogens is 4. The predicted molar refractivity (Wildman–Crippen MR) is 64.8 cm³/mol. The first-order valence-corrected chi connectivity index (χ1v) is 6.05. The van der Waals surface area contributed by atoms with Crippen LogP contribution in [0.15, 0.2) is 28.7 Å². The SMILES string of the molecule is O=C(NCc1nnnn1-c1cccc(Br)c1)C(F)(F)F. The minimum atomic E-state index is -4.94. The molecule has 0 spiro atoms. The monoisotopic (exact) mass is 349 g/mol. The molecule has 0 saturated heterocycles. The summed E-state index contributed by atoms with van der Waals surface area (Å²) in [5.74, 6) is -1.96. The molecule has 1 amide bonds. The molecule has 0 saturated carbocycles. The van der Waals surface area contributed by atoms with E-state index in [0.29, 0.717) is 5.69 Å². The van der Waals surface area contributed by atoms with Crippen LogP contribution in [-0.4, -0.2) is 32.3 Å². The van der Waals surface area contributed by atoms with Gasteiger partial charge in [-0.1, -0.05) is 22.0 Å². The lowest BCUT2D eigenvalue weighted by molar-refractivity contribution is -0.173. The number of rotatable bonds is 3. The van der Waals surface area contributed by atoms with E-state index in [1.165, 1.54) is 4.68 Å². The second kappa shape index (κ2) is 5.57. The molecule has 0 aliphatic carbocycles. The summed E-state index contributed by atoms with van der Waals surface area (Å²) < 4.78 is 38.2. The normalized spacial score (nSPS) is 11.4. The van der Waals surface area contributed by atoms with Crippen LogP contribution in [0.5, 0.6) is 0 Å². The van der Waals surface area contributed by atoms with Crippen molar-refractivity contribution in [2.75, 3.05) is 0 Å². The molecule has 1 aromatic carbocycles. The van der Waals surface area contributed by atoms with E-state index in [1.54, 1.807) is 29.6 Å². The van der Waals surface area contributed by atoms with Gasteiger partial charge in [0.2, 0.25) is 0 Å². The largest absolute Gasteiger partial charge is 0.471 e. The molecule has 2 aromatic rings. The quantitative estimate of drug-likeness (QED) is 0.913. The molecule has 1 aromatic heterocycles. The zero-order valence-corrected chi connectivity index (χ0v) is 11.3. The fraction of sp³-hybridized carbons (Fsp3) is 0.200. The van der Waals surface area contributed by atoms with Crippen molar-refractivity contribution in [1.29, 1.82) is 0 Å². The van der Waals surface area contributed by atoms with Gasteiger partial charge in [0.05, 0.1) is 12.2 Å². The van der Waals surface area contributed by atoms with Crippen LogP contribution in [0.3, 0.4) is 0 Å². The maximum absolute atomic E-state index is 12.1. The Bertz CT molecular complexity index is 627. The van der Waals surface area contributed by atoms with Gasteiger partial charge in [-0.05, 0) is 28.6 Å². The molecule has 1 N–H and O–H groups in total. The van der Waals surface area contributed by atoms with E-state index < -0.39 is 18.6 Å². The predicted octanol–water partition coefficient (Wildman–Crippen LogP) is 1.60. The number of carbonyl (C=O) groups is 1. The molecule has 106 valence electrons. The number of nitrogens with one attached hydrogen (secondary N) is 1. The number of hydrogen-bond acceptors (Lipinski definition) is 4. The van der Waals surface area contributed by atoms with Crippen LogP contribution in [0.25, 0.3) is 5.69 Å². The number of aromatic nitrogens is 4. The summed E-state index contributed by atoms with van der Waals surface area (Å²) in [6.07, 6.45) is -4.94. The standard InChI is InChI=1S/C10H7BrF3N5O/c11-6-2-1-3-7(4-6)19-8(16-17-18-19)5-15-9(20)10(12,13)14/h1-4H,5H2,(H,15,20). The zero-order chi connectivity index (χ0) is 14.8. The third-order valence-corrected chi connectivity index (χ3v) is 2.74. The Kier molecular flexibility index (Phi) is 4.02. The fourth-order valence-electron chi connectivity index (χ4n) is 1.38. The van der Waals surface area contributed by atoms with Crippen molar-refractivity contribution in [3.05, 3.63) is 34.6 Å². The highest BCUT2D eigenvalue weighted by atomic mass is 79.9. The highest BCUT2D eigenvalue weighted by molar-refractivity contribution is 9.10. The topological polar surface area (TPSA) is 72.7 Å². The van der Waals surface area contributed by atoms with E-state index in [9.17, 15) is 18.0 Å². The minimum absolute atomic E-state index is 0.0840. The smallest absolute Gasteiger partial charge is 0.341 e. The summed E-state index contributed by atoms with van der Waals surface area (Å²) in [6, 6.07) is 6.86. The summed E-state index contributed by atoms with van der Waals surface area (Å²) in [7, 11) is 0. The zero-order valence-electron chi connectivity index (χ0n) is 9.73. The Morgan fingerprint density at radius 2 is 2.15 bits per heavy atom. The van der Waals surface area contributed by atoms with Gasteiger partial charge in [0.25, 0.3) is 0 Å². The molecule has 0 aliphatic rings. The first-order chi connectivity index (χ1) is 9.38. The molecule has 0 aliphatic heterocycles. The number of hydrogen-bond donors (Lipinski definition) is 1. The molecular formula is C10H7BrF3N5O. The maximum atomic E-state index is 12.1. The van der Waals surface area contributed by atoms with Crippen molar-refractivity contribution in [3.8, 4) is 5.69 Å². The highest BCUT2D eigenvalue weighted by Gasteiger charge is 2.38. The molecule has 0 fully saturated rings. The molecule has 0 radical (unpaired) electrons. The van der Waals surface area contributed by atoms with Crippen LogP contribution >= 0.6 is 15.9 Å². The Hall–Kier alpha value is -1.97. The van der Waals surface area contributed by atoms with Crippen LogP contribution in [0, 0.1) is 0 Å². The van der Waals surface area contributed by atoms with Gasteiger partial charge in [0.15, 0.2) is 5.82 Å². The number of benzene rings is 1. The third kappa shape index (κ3) is 3.32. The molecular weight excluding hydrogens is 343 g/mol. The molecule has 20 heavy (non-hydrogen) atoms. The Labute approximate surface area is 119 Å². The molecule has 0 bridgehead atoms. The number of carbonyl (C=O) groups excluding carboxylic acids is 1.